The number of rotatable bonds is 4. The molecule has 23 heavy (non-hydrogen) atoms. The van der Waals surface area contributed by atoms with Gasteiger partial charge in [0.25, 0.3) is 5.91 Å². The highest BCUT2D eigenvalue weighted by Gasteiger charge is 2.25. The fourth-order valence-electron chi connectivity index (χ4n) is 2.68. The van der Waals surface area contributed by atoms with Crippen molar-refractivity contribution in [3.05, 3.63) is 40.8 Å². The van der Waals surface area contributed by atoms with Crippen molar-refractivity contribution in [1.29, 1.82) is 0 Å². The van der Waals surface area contributed by atoms with Crippen molar-refractivity contribution >= 4 is 17.6 Å². The van der Waals surface area contributed by atoms with E-state index >= 15 is 0 Å². The average Bonchev–Trinajstić information content (AvgIpc) is 2.99. The van der Waals surface area contributed by atoms with E-state index in [4.69, 9.17) is 9.26 Å². The minimum Gasteiger partial charge on any atom is -0.497 e. The van der Waals surface area contributed by atoms with Gasteiger partial charge in [0.1, 0.15) is 11.5 Å². The van der Waals surface area contributed by atoms with Crippen LogP contribution in [0.2, 0.25) is 0 Å². The lowest BCUT2D eigenvalue weighted by atomic mass is 9.96. The second kappa shape index (κ2) is 6.12. The highest BCUT2D eigenvalue weighted by atomic mass is 16.5. The van der Waals surface area contributed by atoms with E-state index in [-0.39, 0.29) is 16.9 Å². The number of amides is 1. The number of nitrogens with zero attached hydrogens (tertiary/aromatic N) is 1. The van der Waals surface area contributed by atoms with Crippen molar-refractivity contribution in [2.45, 2.75) is 25.7 Å². The van der Waals surface area contributed by atoms with Crippen molar-refractivity contribution in [2.24, 2.45) is 0 Å². The zero-order valence-electron chi connectivity index (χ0n) is 12.6. The number of carbonyl (C=O) groups is 2. The predicted molar refractivity (Wildman–Crippen MR) is 81.1 cm³/mol. The lowest BCUT2D eigenvalue weighted by Gasteiger charge is -2.11. The van der Waals surface area contributed by atoms with E-state index in [9.17, 15) is 14.7 Å². The summed E-state index contributed by atoms with van der Waals surface area (Å²) in [6, 6.07) is 4.43. The molecule has 0 saturated heterocycles. The Morgan fingerprint density at radius 2 is 2.09 bits per heavy atom. The summed E-state index contributed by atoms with van der Waals surface area (Å²) in [6.45, 7) is 0. The molecule has 0 spiro atoms. The lowest BCUT2D eigenvalue weighted by Crippen LogP contribution is -2.17. The fourth-order valence-corrected chi connectivity index (χ4v) is 2.68. The zero-order valence-corrected chi connectivity index (χ0v) is 12.6. The SMILES string of the molecule is COc1ccc(NC(=O)c2noc3c2CCCC3)c(C(=O)O)c1. The van der Waals surface area contributed by atoms with E-state index in [1.165, 1.54) is 19.2 Å². The number of ether oxygens (including phenoxy) is 1. The molecule has 1 aliphatic carbocycles. The highest BCUT2D eigenvalue weighted by Crippen LogP contribution is 2.26. The Balaban J connectivity index is 1.88. The van der Waals surface area contributed by atoms with Crippen LogP contribution in [0.15, 0.2) is 22.7 Å². The molecule has 0 bridgehead atoms. The van der Waals surface area contributed by atoms with Crippen LogP contribution in [0.4, 0.5) is 5.69 Å². The maximum atomic E-state index is 12.4. The first-order chi connectivity index (χ1) is 11.1. The van der Waals surface area contributed by atoms with Crippen molar-refractivity contribution < 1.29 is 24.0 Å². The largest absolute Gasteiger partial charge is 0.497 e. The van der Waals surface area contributed by atoms with Crippen molar-refractivity contribution in [2.75, 3.05) is 12.4 Å². The molecule has 2 aromatic rings. The standard InChI is InChI=1S/C16H16N2O5/c1-22-9-6-7-12(11(8-9)16(20)21)17-15(19)14-10-4-2-3-5-13(10)23-18-14/h6-8H,2-5H2,1H3,(H,17,19)(H,20,21). The molecule has 7 heteroatoms. The van der Waals surface area contributed by atoms with Crippen LogP contribution in [0.25, 0.3) is 0 Å². The van der Waals surface area contributed by atoms with Gasteiger partial charge < -0.3 is 19.7 Å². The third-order valence-corrected chi connectivity index (χ3v) is 3.87. The molecule has 0 fully saturated rings. The number of fused-ring (bicyclic) bond motifs is 1. The molecule has 0 saturated carbocycles. The first-order valence-electron chi connectivity index (χ1n) is 7.30. The van der Waals surface area contributed by atoms with Gasteiger partial charge >= 0.3 is 5.97 Å². The predicted octanol–water partition coefficient (Wildman–Crippen LogP) is 2.51. The number of hydrogen-bond donors (Lipinski definition) is 2. The first kappa shape index (κ1) is 15.1. The molecular formula is C16H16N2O5. The molecule has 0 atom stereocenters. The van der Waals surface area contributed by atoms with Gasteiger partial charge in [-0.1, -0.05) is 5.16 Å². The monoisotopic (exact) mass is 316 g/mol. The maximum Gasteiger partial charge on any atom is 0.337 e. The molecule has 120 valence electrons. The van der Waals surface area contributed by atoms with E-state index in [1.807, 2.05) is 0 Å². The molecule has 1 amide bonds. The number of aryl methyl sites for hydroxylation is 1. The number of hydrogen-bond acceptors (Lipinski definition) is 5. The topological polar surface area (TPSA) is 102 Å². The minimum absolute atomic E-state index is 0.0462. The highest BCUT2D eigenvalue weighted by molar-refractivity contribution is 6.07. The summed E-state index contributed by atoms with van der Waals surface area (Å²) in [5.41, 5.74) is 1.19. The maximum absolute atomic E-state index is 12.4. The van der Waals surface area contributed by atoms with E-state index in [0.29, 0.717) is 5.75 Å². The molecule has 0 aliphatic heterocycles. The number of carboxylic acid groups (broad SMARTS) is 1. The van der Waals surface area contributed by atoms with Crippen LogP contribution in [0.1, 0.15) is 45.0 Å². The molecule has 7 nitrogen and oxygen atoms in total. The van der Waals surface area contributed by atoms with Gasteiger partial charge in [0.15, 0.2) is 5.69 Å². The molecule has 0 radical (unpaired) electrons. The quantitative estimate of drug-likeness (QED) is 0.898. The van der Waals surface area contributed by atoms with Gasteiger partial charge in [-0.2, -0.15) is 0 Å². The summed E-state index contributed by atoms with van der Waals surface area (Å²) in [7, 11) is 1.45. The third-order valence-electron chi connectivity index (χ3n) is 3.87. The third kappa shape index (κ3) is 2.90. The Morgan fingerprint density at radius 1 is 1.30 bits per heavy atom. The summed E-state index contributed by atoms with van der Waals surface area (Å²) in [4.78, 5) is 23.8. The summed E-state index contributed by atoms with van der Waals surface area (Å²) < 4.78 is 10.2. The van der Waals surface area contributed by atoms with Gasteiger partial charge in [-0.3, -0.25) is 4.79 Å². The van der Waals surface area contributed by atoms with Crippen LogP contribution in [0.3, 0.4) is 0 Å². The molecule has 1 aromatic carbocycles. The minimum atomic E-state index is -1.15. The van der Waals surface area contributed by atoms with Crippen LogP contribution < -0.4 is 10.1 Å². The van der Waals surface area contributed by atoms with E-state index < -0.39 is 11.9 Å². The molecule has 0 unspecified atom stereocenters. The molecule has 1 aliphatic rings. The van der Waals surface area contributed by atoms with E-state index in [0.717, 1.165) is 37.0 Å². The Bertz CT molecular complexity index is 766. The molecule has 1 aromatic heterocycles. The van der Waals surface area contributed by atoms with Crippen LogP contribution in [-0.2, 0) is 12.8 Å². The molecular weight excluding hydrogens is 300 g/mol. The number of anilines is 1. The van der Waals surface area contributed by atoms with Crippen LogP contribution in [-0.4, -0.2) is 29.2 Å². The van der Waals surface area contributed by atoms with Crippen LogP contribution in [0, 0.1) is 0 Å². The van der Waals surface area contributed by atoms with Crippen LogP contribution >= 0.6 is 0 Å². The fraction of sp³-hybridized carbons (Fsp3) is 0.312. The van der Waals surface area contributed by atoms with Gasteiger partial charge in [0.2, 0.25) is 0 Å². The molecule has 2 N–H and O–H groups in total. The van der Waals surface area contributed by atoms with E-state index in [1.54, 1.807) is 6.07 Å². The summed E-state index contributed by atoms with van der Waals surface area (Å²) >= 11 is 0. The lowest BCUT2D eigenvalue weighted by molar-refractivity contribution is 0.0697. The smallest absolute Gasteiger partial charge is 0.337 e. The van der Waals surface area contributed by atoms with E-state index in [2.05, 4.69) is 10.5 Å². The molecule has 1 heterocycles. The second-order valence-corrected chi connectivity index (χ2v) is 5.31. The van der Waals surface area contributed by atoms with Crippen molar-refractivity contribution in [3.63, 3.8) is 0 Å². The number of carboxylic acids is 1. The number of carbonyl (C=O) groups excluding carboxylic acids is 1. The Labute approximate surface area is 132 Å². The zero-order chi connectivity index (χ0) is 16.4. The van der Waals surface area contributed by atoms with Gasteiger partial charge in [0, 0.05) is 12.0 Å². The Hall–Kier alpha value is -2.83. The number of nitrogens with one attached hydrogen (secondary N) is 1. The summed E-state index contributed by atoms with van der Waals surface area (Å²) in [5.74, 6) is -0.472. The average molecular weight is 316 g/mol. The van der Waals surface area contributed by atoms with Gasteiger partial charge in [-0.25, -0.2) is 4.79 Å². The van der Waals surface area contributed by atoms with Gasteiger partial charge in [-0.15, -0.1) is 0 Å². The Kier molecular flexibility index (Phi) is 4.01. The number of benzene rings is 1. The summed E-state index contributed by atoms with van der Waals surface area (Å²) in [6.07, 6.45) is 3.52. The number of methoxy groups -OCH3 is 1. The van der Waals surface area contributed by atoms with Gasteiger partial charge in [0.05, 0.1) is 18.4 Å². The Morgan fingerprint density at radius 3 is 2.83 bits per heavy atom. The number of aromatic nitrogens is 1. The summed E-state index contributed by atoms with van der Waals surface area (Å²) in [5, 5.41) is 15.7. The second-order valence-electron chi connectivity index (χ2n) is 5.31. The van der Waals surface area contributed by atoms with Gasteiger partial charge in [-0.05, 0) is 37.5 Å². The molecule has 3 rings (SSSR count). The first-order valence-corrected chi connectivity index (χ1v) is 7.30. The van der Waals surface area contributed by atoms with Crippen molar-refractivity contribution in [3.8, 4) is 5.75 Å². The number of aromatic carboxylic acids is 1. The van der Waals surface area contributed by atoms with Crippen molar-refractivity contribution in [1.82, 2.24) is 5.16 Å². The van der Waals surface area contributed by atoms with Crippen LogP contribution in [0.5, 0.6) is 5.75 Å². The normalized spacial score (nSPS) is 13.3.